The van der Waals surface area contributed by atoms with Gasteiger partial charge in [0.1, 0.15) is 5.75 Å². The average molecular weight is 418 g/mol. The third kappa shape index (κ3) is 5.34. The Kier molecular flexibility index (Phi) is 7.70. The van der Waals surface area contributed by atoms with Gasteiger partial charge in [-0.1, -0.05) is 61.8 Å². The van der Waals surface area contributed by atoms with Crippen molar-refractivity contribution >= 4 is 27.5 Å². The number of ether oxygens (including phenoxy) is 1. The van der Waals surface area contributed by atoms with Gasteiger partial charge >= 0.3 is 0 Å². The predicted octanol–water partition coefficient (Wildman–Crippen LogP) is 6.35. The molecule has 0 aromatic heterocycles. The fourth-order valence-electron chi connectivity index (χ4n) is 2.89. The van der Waals surface area contributed by atoms with E-state index in [2.05, 4.69) is 48.9 Å². The minimum Gasteiger partial charge on any atom is -0.494 e. The van der Waals surface area contributed by atoms with Crippen molar-refractivity contribution in [3.63, 3.8) is 0 Å². The van der Waals surface area contributed by atoms with E-state index in [-0.39, 0.29) is 5.91 Å². The van der Waals surface area contributed by atoms with Crippen molar-refractivity contribution in [2.24, 2.45) is 0 Å². The van der Waals surface area contributed by atoms with E-state index in [1.807, 2.05) is 42.5 Å². The smallest absolute Gasteiger partial charge is 0.256 e. The summed E-state index contributed by atoms with van der Waals surface area (Å²) in [6.45, 7) is 9.16. The zero-order chi connectivity index (χ0) is 19.1. The molecule has 0 unspecified atom stereocenters. The van der Waals surface area contributed by atoms with Crippen molar-refractivity contribution in [1.29, 1.82) is 0 Å². The highest BCUT2D eigenvalue weighted by Gasteiger charge is 2.19. The predicted molar refractivity (Wildman–Crippen MR) is 113 cm³/mol. The summed E-state index contributed by atoms with van der Waals surface area (Å²) in [6.07, 6.45) is 0.961. The summed E-state index contributed by atoms with van der Waals surface area (Å²) >= 11 is 3.39. The maximum Gasteiger partial charge on any atom is 0.256 e. The van der Waals surface area contributed by atoms with E-state index in [1.165, 1.54) is 0 Å². The molecule has 0 aliphatic carbocycles. The molecule has 3 nitrogen and oxygen atoms in total. The van der Waals surface area contributed by atoms with Crippen LogP contribution >= 0.6 is 15.9 Å². The number of anilines is 1. The molecule has 0 spiro atoms. The number of hydrogen-bond donors (Lipinski definition) is 1. The molecule has 0 saturated carbocycles. The minimum atomic E-state index is -0.0500. The lowest BCUT2D eigenvalue weighted by Crippen LogP contribution is -2.18. The fourth-order valence-corrected chi connectivity index (χ4v) is 3.11. The van der Waals surface area contributed by atoms with Crippen molar-refractivity contribution in [1.82, 2.24) is 0 Å². The number of benzene rings is 2. The first kappa shape index (κ1) is 20.5. The topological polar surface area (TPSA) is 38.3 Å². The van der Waals surface area contributed by atoms with Crippen LogP contribution in [-0.4, -0.2) is 17.8 Å². The van der Waals surface area contributed by atoms with Gasteiger partial charge in [-0.15, -0.1) is 0 Å². The van der Waals surface area contributed by atoms with Crippen LogP contribution < -0.4 is 10.1 Å². The number of carbonyl (C=O) groups is 1. The fraction of sp³-hybridized carbons (Fsp3) is 0.409. The molecule has 0 saturated heterocycles. The molecule has 26 heavy (non-hydrogen) atoms. The molecular weight excluding hydrogens is 390 g/mol. The standard InChI is InChI=1S/C22H28BrNO2/c1-15(2)19-7-5-8-20(16(3)4)21(19)22(25)24-17-9-11-18(12-10-17)26-14-6-13-23/h5,7-12,15-16H,6,13-14H2,1-4H3,(H,24,25). The number of rotatable bonds is 8. The first-order valence-electron chi connectivity index (χ1n) is 9.17. The highest BCUT2D eigenvalue weighted by Crippen LogP contribution is 2.28. The first-order valence-corrected chi connectivity index (χ1v) is 10.3. The molecule has 2 aromatic rings. The van der Waals surface area contributed by atoms with Gasteiger partial charge in [-0.2, -0.15) is 0 Å². The lowest BCUT2D eigenvalue weighted by Gasteiger charge is -2.19. The second kappa shape index (κ2) is 9.77. The molecule has 2 rings (SSSR count). The first-order chi connectivity index (χ1) is 12.4. The van der Waals surface area contributed by atoms with Crippen molar-refractivity contribution < 1.29 is 9.53 Å². The largest absolute Gasteiger partial charge is 0.494 e. The summed E-state index contributed by atoms with van der Waals surface area (Å²) in [5.74, 6) is 1.35. The third-order valence-electron chi connectivity index (χ3n) is 4.26. The van der Waals surface area contributed by atoms with Crippen LogP contribution in [0.3, 0.4) is 0 Å². The molecular formula is C22H28BrNO2. The van der Waals surface area contributed by atoms with Gasteiger partial charge in [-0.3, -0.25) is 4.79 Å². The maximum absolute atomic E-state index is 13.0. The zero-order valence-electron chi connectivity index (χ0n) is 16.0. The minimum absolute atomic E-state index is 0.0500. The van der Waals surface area contributed by atoms with Crippen molar-refractivity contribution in [3.05, 3.63) is 59.2 Å². The van der Waals surface area contributed by atoms with Crippen molar-refractivity contribution in [2.75, 3.05) is 17.3 Å². The quantitative estimate of drug-likeness (QED) is 0.401. The van der Waals surface area contributed by atoms with Crippen LogP contribution in [0.5, 0.6) is 5.75 Å². The van der Waals surface area contributed by atoms with Crippen LogP contribution in [0.25, 0.3) is 0 Å². The van der Waals surface area contributed by atoms with Crippen LogP contribution in [0.15, 0.2) is 42.5 Å². The Morgan fingerprint density at radius 3 is 2.08 bits per heavy atom. The van der Waals surface area contributed by atoms with E-state index in [4.69, 9.17) is 4.74 Å². The van der Waals surface area contributed by atoms with E-state index < -0.39 is 0 Å². The van der Waals surface area contributed by atoms with Gasteiger partial charge < -0.3 is 10.1 Å². The summed E-state index contributed by atoms with van der Waals surface area (Å²) in [4.78, 5) is 13.0. The normalized spacial score (nSPS) is 11.0. The van der Waals surface area contributed by atoms with E-state index >= 15 is 0 Å². The van der Waals surface area contributed by atoms with Gasteiger partial charge in [0.2, 0.25) is 0 Å². The highest BCUT2D eigenvalue weighted by molar-refractivity contribution is 9.09. The average Bonchev–Trinajstić information content (AvgIpc) is 2.62. The van der Waals surface area contributed by atoms with E-state index in [9.17, 15) is 4.79 Å². The number of nitrogens with one attached hydrogen (secondary N) is 1. The van der Waals surface area contributed by atoms with Gasteiger partial charge in [0.25, 0.3) is 5.91 Å². The second-order valence-corrected chi connectivity index (χ2v) is 7.78. The Balaban J connectivity index is 2.19. The van der Waals surface area contributed by atoms with Gasteiger partial charge in [0.15, 0.2) is 0 Å². The summed E-state index contributed by atoms with van der Waals surface area (Å²) < 4.78 is 5.65. The zero-order valence-corrected chi connectivity index (χ0v) is 17.6. The number of halogens is 1. The Bertz CT molecular complexity index is 697. The molecule has 1 amide bonds. The number of hydrogen-bond acceptors (Lipinski definition) is 2. The number of alkyl halides is 1. The monoisotopic (exact) mass is 417 g/mol. The lowest BCUT2D eigenvalue weighted by molar-refractivity contribution is 0.102. The van der Waals surface area contributed by atoms with E-state index in [0.29, 0.717) is 18.4 Å². The van der Waals surface area contributed by atoms with Crippen LogP contribution in [0.4, 0.5) is 5.69 Å². The third-order valence-corrected chi connectivity index (χ3v) is 4.82. The molecule has 140 valence electrons. The molecule has 2 aromatic carbocycles. The molecule has 0 atom stereocenters. The van der Waals surface area contributed by atoms with Gasteiger partial charge in [-0.05, 0) is 53.6 Å². The van der Waals surface area contributed by atoms with Gasteiger partial charge in [0.05, 0.1) is 6.61 Å². The molecule has 0 bridgehead atoms. The van der Waals surface area contributed by atoms with Crippen molar-refractivity contribution in [3.8, 4) is 5.75 Å². The number of carbonyl (C=O) groups excluding carboxylic acids is 1. The second-order valence-electron chi connectivity index (χ2n) is 6.99. The van der Waals surface area contributed by atoms with Gasteiger partial charge in [0, 0.05) is 16.6 Å². The number of amides is 1. The lowest BCUT2D eigenvalue weighted by atomic mass is 9.88. The SMILES string of the molecule is CC(C)c1cccc(C(C)C)c1C(=O)Nc1ccc(OCCCBr)cc1. The molecule has 1 N–H and O–H groups in total. The summed E-state index contributed by atoms with van der Waals surface area (Å²) in [7, 11) is 0. The van der Waals surface area contributed by atoms with Crippen LogP contribution in [-0.2, 0) is 0 Å². The molecule has 0 aliphatic rings. The molecule has 0 aliphatic heterocycles. The van der Waals surface area contributed by atoms with Crippen LogP contribution in [0, 0.1) is 0 Å². The summed E-state index contributed by atoms with van der Waals surface area (Å²) in [5, 5.41) is 3.97. The Morgan fingerprint density at radius 1 is 1.00 bits per heavy atom. The molecule has 4 heteroatoms. The van der Waals surface area contributed by atoms with E-state index in [0.717, 1.165) is 39.9 Å². The van der Waals surface area contributed by atoms with Crippen LogP contribution in [0.1, 0.15) is 67.4 Å². The highest BCUT2D eigenvalue weighted by atomic mass is 79.9. The van der Waals surface area contributed by atoms with E-state index in [1.54, 1.807) is 0 Å². The Morgan fingerprint density at radius 2 is 1.58 bits per heavy atom. The van der Waals surface area contributed by atoms with Crippen LogP contribution in [0.2, 0.25) is 0 Å². The summed E-state index contributed by atoms with van der Waals surface area (Å²) in [5.41, 5.74) is 3.75. The molecule has 0 fully saturated rings. The Labute approximate surface area is 165 Å². The maximum atomic E-state index is 13.0. The van der Waals surface area contributed by atoms with Gasteiger partial charge in [-0.25, -0.2) is 0 Å². The Hall–Kier alpha value is -1.81. The molecule has 0 heterocycles. The van der Waals surface area contributed by atoms with Crippen molar-refractivity contribution in [2.45, 2.75) is 46.0 Å². The molecule has 0 radical (unpaired) electrons. The summed E-state index contributed by atoms with van der Waals surface area (Å²) in [6, 6.07) is 13.7.